The average Bonchev–Trinajstić information content (AvgIpc) is 2.37. The molecule has 0 aliphatic heterocycles. The Kier molecular flexibility index (Phi) is 6.48. The lowest BCUT2D eigenvalue weighted by Gasteiger charge is -2.25. The fraction of sp³-hybridized carbons (Fsp3) is 0.533. The van der Waals surface area contributed by atoms with Gasteiger partial charge in [-0.1, -0.05) is 51.1 Å². The Balaban J connectivity index is 2.28. The summed E-state index contributed by atoms with van der Waals surface area (Å²) in [5, 5.41) is 11.9. The molecule has 1 rings (SSSR count). The van der Waals surface area contributed by atoms with Gasteiger partial charge in [0.2, 0.25) is 0 Å². The number of carbonyl (C=O) groups excluding carboxylic acids is 1. The van der Waals surface area contributed by atoms with Gasteiger partial charge in [0.05, 0.1) is 19.3 Å². The summed E-state index contributed by atoms with van der Waals surface area (Å²) in [6.45, 7) is 6.38. The van der Waals surface area contributed by atoms with Gasteiger partial charge in [0.1, 0.15) is 0 Å². The summed E-state index contributed by atoms with van der Waals surface area (Å²) in [7, 11) is 0. The van der Waals surface area contributed by atoms with Crippen molar-refractivity contribution < 1.29 is 14.7 Å². The van der Waals surface area contributed by atoms with Crippen molar-refractivity contribution in [2.45, 2.75) is 39.8 Å². The molecule has 1 aromatic rings. The maximum absolute atomic E-state index is 11.6. The Bertz CT molecular complexity index is 401. The monoisotopic (exact) mass is 280 g/mol. The third kappa shape index (κ3) is 7.11. The van der Waals surface area contributed by atoms with E-state index in [1.165, 1.54) is 0 Å². The number of rotatable bonds is 6. The Morgan fingerprint density at radius 3 is 2.50 bits per heavy atom. The minimum absolute atomic E-state index is 0.0333. The van der Waals surface area contributed by atoms with Crippen LogP contribution in [0.2, 0.25) is 0 Å². The van der Waals surface area contributed by atoms with Crippen molar-refractivity contribution in [3.8, 4) is 0 Å². The van der Waals surface area contributed by atoms with Gasteiger partial charge in [-0.3, -0.25) is 4.84 Å². The second kappa shape index (κ2) is 7.87. The van der Waals surface area contributed by atoms with E-state index in [1.54, 1.807) is 0 Å². The molecule has 20 heavy (non-hydrogen) atoms. The lowest BCUT2D eigenvalue weighted by atomic mass is 9.88. The highest BCUT2D eigenvalue weighted by Crippen LogP contribution is 2.20. The second-order valence-electron chi connectivity index (χ2n) is 5.99. The molecule has 0 bridgehead atoms. The van der Waals surface area contributed by atoms with Crippen molar-refractivity contribution in [1.82, 2.24) is 10.8 Å². The zero-order chi connectivity index (χ0) is 15.0. The summed E-state index contributed by atoms with van der Waals surface area (Å²) in [5.41, 5.74) is 3.33. The van der Waals surface area contributed by atoms with E-state index < -0.39 is 6.03 Å². The van der Waals surface area contributed by atoms with Gasteiger partial charge in [-0.2, -0.15) is 0 Å². The first-order valence-corrected chi connectivity index (χ1v) is 6.74. The molecule has 1 unspecified atom stereocenters. The van der Waals surface area contributed by atoms with Gasteiger partial charge in [0, 0.05) is 0 Å². The van der Waals surface area contributed by atoms with Gasteiger partial charge in [-0.05, 0) is 17.4 Å². The van der Waals surface area contributed by atoms with Crippen LogP contribution in [0.4, 0.5) is 4.79 Å². The normalized spacial score (nSPS) is 12.8. The molecule has 0 saturated carbocycles. The van der Waals surface area contributed by atoms with Crippen LogP contribution < -0.4 is 10.8 Å². The third-order valence-electron chi connectivity index (χ3n) is 2.66. The smallest absolute Gasteiger partial charge is 0.339 e. The number of nitrogens with one attached hydrogen (secondary N) is 2. The van der Waals surface area contributed by atoms with Crippen molar-refractivity contribution in [2.75, 3.05) is 6.61 Å². The van der Waals surface area contributed by atoms with E-state index in [0.29, 0.717) is 13.0 Å². The average molecular weight is 280 g/mol. The Hall–Kier alpha value is -1.59. The molecule has 112 valence electrons. The molecule has 2 amide bonds. The highest BCUT2D eigenvalue weighted by molar-refractivity contribution is 5.73. The zero-order valence-electron chi connectivity index (χ0n) is 12.3. The first-order valence-electron chi connectivity index (χ1n) is 6.74. The van der Waals surface area contributed by atoms with E-state index in [9.17, 15) is 9.90 Å². The summed E-state index contributed by atoms with van der Waals surface area (Å²) in [5.74, 6) is 0. The van der Waals surface area contributed by atoms with Crippen LogP contribution in [0.3, 0.4) is 0 Å². The van der Waals surface area contributed by atoms with Crippen molar-refractivity contribution >= 4 is 6.03 Å². The van der Waals surface area contributed by atoms with E-state index >= 15 is 0 Å². The molecule has 0 spiro atoms. The fourth-order valence-corrected chi connectivity index (χ4v) is 1.87. The topological polar surface area (TPSA) is 70.6 Å². The minimum Gasteiger partial charge on any atom is -0.394 e. The minimum atomic E-state index is -0.441. The van der Waals surface area contributed by atoms with Crippen molar-refractivity contribution in [2.24, 2.45) is 5.41 Å². The van der Waals surface area contributed by atoms with Crippen LogP contribution in [0, 0.1) is 5.41 Å². The molecular formula is C15H24N2O3. The Morgan fingerprint density at radius 2 is 1.95 bits per heavy atom. The van der Waals surface area contributed by atoms with Crippen LogP contribution in [0.5, 0.6) is 0 Å². The van der Waals surface area contributed by atoms with Crippen molar-refractivity contribution in [3.63, 3.8) is 0 Å². The van der Waals surface area contributed by atoms with Crippen molar-refractivity contribution in [3.05, 3.63) is 35.9 Å². The SMILES string of the molecule is CC(C)(C)CC(CO)NC(=O)NOCc1ccccc1. The van der Waals surface area contributed by atoms with E-state index in [2.05, 4.69) is 31.6 Å². The zero-order valence-corrected chi connectivity index (χ0v) is 12.3. The summed E-state index contributed by atoms with van der Waals surface area (Å²) in [4.78, 5) is 16.7. The third-order valence-corrected chi connectivity index (χ3v) is 2.66. The molecule has 5 heteroatoms. The molecule has 5 nitrogen and oxygen atoms in total. The van der Waals surface area contributed by atoms with E-state index in [4.69, 9.17) is 4.84 Å². The van der Waals surface area contributed by atoms with E-state index in [1.807, 2.05) is 30.3 Å². The van der Waals surface area contributed by atoms with Crippen LogP contribution in [0.1, 0.15) is 32.8 Å². The molecule has 1 aromatic carbocycles. The Morgan fingerprint density at radius 1 is 1.30 bits per heavy atom. The molecule has 0 saturated heterocycles. The summed E-state index contributed by atoms with van der Waals surface area (Å²) < 4.78 is 0. The standard InChI is InChI=1S/C15H24N2O3/c1-15(2,3)9-13(10-18)16-14(19)17-20-11-12-7-5-4-6-8-12/h4-8,13,18H,9-11H2,1-3H3,(H2,16,17,19). The molecule has 0 heterocycles. The number of hydroxylamine groups is 1. The first-order chi connectivity index (χ1) is 9.40. The van der Waals surface area contributed by atoms with Crippen LogP contribution in [0.15, 0.2) is 30.3 Å². The van der Waals surface area contributed by atoms with Crippen LogP contribution in [-0.4, -0.2) is 23.8 Å². The predicted octanol–water partition coefficient (Wildman–Crippen LogP) is 2.21. The number of amides is 2. The number of carbonyl (C=O) groups is 1. The summed E-state index contributed by atoms with van der Waals surface area (Å²) in [6.07, 6.45) is 0.690. The quantitative estimate of drug-likeness (QED) is 0.700. The van der Waals surface area contributed by atoms with Crippen molar-refractivity contribution in [1.29, 1.82) is 0 Å². The van der Waals surface area contributed by atoms with Crippen LogP contribution >= 0.6 is 0 Å². The second-order valence-corrected chi connectivity index (χ2v) is 5.99. The number of aliphatic hydroxyl groups excluding tert-OH is 1. The number of urea groups is 1. The maximum Gasteiger partial charge on any atom is 0.339 e. The number of benzene rings is 1. The highest BCUT2D eigenvalue weighted by Gasteiger charge is 2.19. The van der Waals surface area contributed by atoms with E-state index in [0.717, 1.165) is 5.56 Å². The molecule has 0 aliphatic carbocycles. The van der Waals surface area contributed by atoms with Gasteiger partial charge >= 0.3 is 6.03 Å². The fourth-order valence-electron chi connectivity index (χ4n) is 1.87. The Labute approximate surface area is 120 Å². The lowest BCUT2D eigenvalue weighted by molar-refractivity contribution is 0.0464. The van der Waals surface area contributed by atoms with Gasteiger partial charge in [0.15, 0.2) is 0 Å². The first kappa shape index (κ1) is 16.5. The predicted molar refractivity (Wildman–Crippen MR) is 77.8 cm³/mol. The number of aliphatic hydroxyl groups is 1. The van der Waals surface area contributed by atoms with E-state index in [-0.39, 0.29) is 18.1 Å². The molecule has 0 fully saturated rings. The molecule has 0 aromatic heterocycles. The molecule has 0 aliphatic rings. The van der Waals surface area contributed by atoms with Gasteiger partial charge in [-0.25, -0.2) is 10.3 Å². The van der Waals surface area contributed by atoms with Gasteiger partial charge in [0.25, 0.3) is 0 Å². The molecule has 3 N–H and O–H groups in total. The highest BCUT2D eigenvalue weighted by atomic mass is 16.7. The summed E-state index contributed by atoms with van der Waals surface area (Å²) in [6, 6.07) is 8.83. The molecule has 1 atom stereocenters. The largest absolute Gasteiger partial charge is 0.394 e. The van der Waals surface area contributed by atoms with Crippen LogP contribution in [0.25, 0.3) is 0 Å². The summed E-state index contributed by atoms with van der Waals surface area (Å²) >= 11 is 0. The lowest BCUT2D eigenvalue weighted by Crippen LogP contribution is -2.45. The molecular weight excluding hydrogens is 256 g/mol. The molecule has 0 radical (unpaired) electrons. The number of hydrogen-bond donors (Lipinski definition) is 3. The van der Waals surface area contributed by atoms with Gasteiger partial charge < -0.3 is 10.4 Å². The number of hydrogen-bond acceptors (Lipinski definition) is 3. The maximum atomic E-state index is 11.6. The van der Waals surface area contributed by atoms with Crippen LogP contribution in [-0.2, 0) is 11.4 Å². The van der Waals surface area contributed by atoms with Gasteiger partial charge in [-0.15, -0.1) is 0 Å².